The number of hydrogen-bond acceptors (Lipinski definition) is 28. The molecule has 11 rings (SSSR count). The van der Waals surface area contributed by atoms with Crippen molar-refractivity contribution in [2.75, 3.05) is 180 Å². The van der Waals surface area contributed by atoms with E-state index in [2.05, 4.69) is 93.8 Å². The molecule has 0 bridgehead atoms. The summed E-state index contributed by atoms with van der Waals surface area (Å²) in [6.07, 6.45) is 17.3. The second kappa shape index (κ2) is 53.7. The summed E-state index contributed by atoms with van der Waals surface area (Å²) in [5.41, 5.74) is 20.2. The van der Waals surface area contributed by atoms with Gasteiger partial charge >= 0.3 is 5.97 Å². The van der Waals surface area contributed by atoms with Gasteiger partial charge in [-0.15, -0.1) is 11.1 Å². The fourth-order valence-electron chi connectivity index (χ4n) is 22.4. The lowest BCUT2D eigenvalue weighted by atomic mass is 9.49. The van der Waals surface area contributed by atoms with Crippen molar-refractivity contribution in [2.45, 2.75) is 263 Å². The molecule has 138 heavy (non-hydrogen) atoms. The van der Waals surface area contributed by atoms with Crippen LogP contribution in [0, 0.1) is 52.3 Å². The molecule has 35 heteroatoms. The van der Waals surface area contributed by atoms with Crippen molar-refractivity contribution in [1.29, 1.82) is 0 Å². The Labute approximate surface area is 816 Å². The van der Waals surface area contributed by atoms with Crippen molar-refractivity contribution in [3.05, 3.63) is 87.0 Å². The van der Waals surface area contributed by atoms with Crippen molar-refractivity contribution in [3.63, 3.8) is 0 Å². The molecular weight excluding hydrogens is 1770 g/mol. The highest BCUT2D eigenvalue weighted by atomic mass is 16.6. The number of Topliss-reactive ketones (excluding diaryl/α,β-unsaturated/α-hetero) is 2. The summed E-state index contributed by atoms with van der Waals surface area (Å²) in [7, 11) is 8.27. The molecule has 0 spiro atoms. The number of rotatable bonds is 59. The molecule has 1 unspecified atom stereocenters. The number of nitrogens with one attached hydrogen (secondary N) is 10. The van der Waals surface area contributed by atoms with Crippen LogP contribution < -0.4 is 53.8 Å². The number of likely N-dealkylation sites (N-methyl/N-ethyl adjacent to an activating group) is 1. The number of imide groups is 1. The average molecular weight is 1940 g/mol. The van der Waals surface area contributed by atoms with Crippen LogP contribution in [0.25, 0.3) is 0 Å². The molecule has 12 N–H and O–H groups in total. The zero-order valence-corrected chi connectivity index (χ0v) is 84.3. The van der Waals surface area contributed by atoms with Gasteiger partial charge in [-0.2, -0.15) is 0 Å². The Morgan fingerprint density at radius 2 is 1.12 bits per heavy atom. The molecule has 2 heterocycles. The summed E-state index contributed by atoms with van der Waals surface area (Å²) in [5.74, 6) is -3.47. The number of allylic oxidation sites excluding steroid dienone is 3. The number of phenolic OH excluding ortho intramolecular Hbond substituents is 1. The summed E-state index contributed by atoms with van der Waals surface area (Å²) >= 11 is 0. The SMILES string of the molecule is CC(C)[C@H](NC(=O)[C@@H](CCCCNC(=O)COC1CCCCCC2=C1NNN2CCOCCOCCOCCOCCC(=O)NCC[N+](C)(C)C)NC(=O)CCOCCOCCOCCOCCCC(=O)OC[C@@H]1[C@@H]2CCC3=C(CC[C@@H]21)NNN3C)C(=O)C[C@@H](C)C(=O)N[C@@H](CO)C(=O)Cc1ccc2c(c1)[C@@]1(C)CCC[C@](C)(C(=O)NC(=O)[C@@]3(C)CCC[C@]4(C)c5cc(O)ccc5CC[C@@H]34)[C@@H]1CC2. The zero-order valence-electron chi connectivity index (χ0n) is 84.3. The first-order valence-corrected chi connectivity index (χ1v) is 51.3. The number of aryl methyl sites for hydroxylation is 2. The number of amides is 7. The number of aromatic hydroxyl groups is 1. The lowest BCUT2D eigenvalue weighted by Gasteiger charge is -2.56. The first-order valence-electron chi connectivity index (χ1n) is 51.3. The highest BCUT2D eigenvalue weighted by Gasteiger charge is 2.59. The number of aliphatic hydroxyl groups is 1. The standard InChI is InChI=1S/C103H163N13O22/c1-69(2)94(86(120)62-70(3)96(125)107-82(66-117)85(119)64-71-24-25-72-27-34-88-100(4,78(72)63-71)38-18-40-102(88,6)98(127)109-99(128)103(7)41-19-39-101(5)79-65-74(118)29-26-73(79)28-35-89(101)103)108-97(126)81(106-91(122)37-48-131-52-56-135-59-58-133-54-50-129-46-17-23-93(124)138-67-77-75-30-32-80-83(33-31-76(75)77)114(8)112-110-80)20-15-16-42-104-92(123)68-137-87-22-14-12-13-21-84-95(87)111-113-115(84)44-49-132-53-57-136-61-60-134-55-51-130-47-36-90(121)105-43-45-116(9,10)11/h24-26,29,63,65,69-70,75-77,81-82,87-89,94,110-113,117H,12-23,27-28,30-62,64,66-68H2,1-11H3,(H6-,104,105,106,107,108,109,118,121,122,123,125,126,127,128)/p+1/t70-,75+,76-,77+,81-,82+,87?,88-,89-,94+,100-,101-,102+,103+/m1/s1. The molecule has 0 aromatic heterocycles. The van der Waals surface area contributed by atoms with Gasteiger partial charge in [0.1, 0.15) is 30.5 Å². The topological polar surface area (TPSA) is 430 Å². The molecule has 9 aliphatic rings. The highest BCUT2D eigenvalue weighted by Crippen LogP contribution is 2.60. The van der Waals surface area contributed by atoms with Gasteiger partial charge in [-0.1, -0.05) is 98.4 Å². The Morgan fingerprint density at radius 1 is 0.536 bits per heavy atom. The molecule has 0 saturated heterocycles. The lowest BCUT2D eigenvalue weighted by Crippen LogP contribution is -2.60. The maximum atomic E-state index is 15.0. The van der Waals surface area contributed by atoms with E-state index in [1.54, 1.807) is 26.8 Å². The van der Waals surface area contributed by atoms with Gasteiger partial charge in [-0.05, 0) is 208 Å². The molecular formula is C103H164N13O22+. The molecule has 0 radical (unpaired) electrons. The molecule has 7 amide bonds. The lowest BCUT2D eigenvalue weighted by molar-refractivity contribution is -0.869. The number of carbonyl (C=O) groups excluding carboxylic acids is 10. The van der Waals surface area contributed by atoms with Crippen molar-refractivity contribution in [2.24, 2.45) is 52.3 Å². The number of ketones is 2. The fraction of sp³-hybridized carbons (Fsp3) is 0.748. The Kier molecular flexibility index (Phi) is 42.8. The molecule has 35 nitrogen and oxygen atoms in total. The third-order valence-corrected chi connectivity index (χ3v) is 30.5. The van der Waals surface area contributed by atoms with Crippen LogP contribution in [0.15, 0.2) is 59.2 Å². The predicted octanol–water partition coefficient (Wildman–Crippen LogP) is 7.40. The fourth-order valence-corrected chi connectivity index (χ4v) is 22.4. The van der Waals surface area contributed by atoms with Crippen molar-refractivity contribution in [3.8, 4) is 5.75 Å². The van der Waals surface area contributed by atoms with Crippen LogP contribution in [-0.2, 0) is 125 Å². The third kappa shape index (κ3) is 31.4. The maximum Gasteiger partial charge on any atom is 0.305 e. The van der Waals surface area contributed by atoms with E-state index in [1.807, 2.05) is 56.2 Å². The summed E-state index contributed by atoms with van der Waals surface area (Å²) in [6.45, 7) is 20.7. The number of hydrogen-bond donors (Lipinski definition) is 12. The van der Waals surface area contributed by atoms with E-state index in [-0.39, 0.29) is 117 Å². The van der Waals surface area contributed by atoms with E-state index in [0.717, 1.165) is 135 Å². The number of carbonyl (C=O) groups is 10. The number of fused-ring (bicyclic) bond motifs is 7. The van der Waals surface area contributed by atoms with Gasteiger partial charge in [0.2, 0.25) is 41.4 Å². The van der Waals surface area contributed by atoms with Crippen LogP contribution in [0.4, 0.5) is 0 Å². The third-order valence-electron chi connectivity index (χ3n) is 30.5. The van der Waals surface area contributed by atoms with E-state index in [9.17, 15) is 58.2 Å². The van der Waals surface area contributed by atoms with E-state index < -0.39 is 82.1 Å². The summed E-state index contributed by atoms with van der Waals surface area (Å²) < 4.78 is 58.3. The number of unbranched alkanes of at least 4 members (excludes halogenated alkanes) is 1. The Balaban J connectivity index is 0.603. The number of hydrazine groups is 4. The Morgan fingerprint density at radius 3 is 1.73 bits per heavy atom. The minimum absolute atomic E-state index is 0.0133. The molecule has 2 aliphatic heterocycles. The van der Waals surface area contributed by atoms with Crippen molar-refractivity contribution >= 4 is 58.9 Å². The van der Waals surface area contributed by atoms with Crippen molar-refractivity contribution < 1.29 is 110 Å². The first-order chi connectivity index (χ1) is 66.2. The van der Waals surface area contributed by atoms with E-state index >= 15 is 0 Å². The monoisotopic (exact) mass is 1940 g/mol. The Bertz CT molecular complexity index is 4430. The molecule has 7 aliphatic carbocycles. The summed E-state index contributed by atoms with van der Waals surface area (Å²) in [5, 5.41) is 42.7. The quantitative estimate of drug-likeness (QED) is 0.0133. The minimum Gasteiger partial charge on any atom is -0.508 e. The molecule has 2 aromatic rings. The second-order valence-electron chi connectivity index (χ2n) is 41.8. The van der Waals surface area contributed by atoms with Crippen LogP contribution in [0.5, 0.6) is 5.75 Å². The van der Waals surface area contributed by atoms with Gasteiger partial charge in [-0.25, -0.2) is 0 Å². The van der Waals surface area contributed by atoms with E-state index in [0.29, 0.717) is 187 Å². The number of phenols is 1. The molecule has 14 atom stereocenters. The van der Waals surface area contributed by atoms with Gasteiger partial charge < -0.3 is 99.5 Å². The first kappa shape index (κ1) is 110. The number of aliphatic hydroxyl groups excluding tert-OH is 1. The van der Waals surface area contributed by atoms with Crippen LogP contribution in [0.2, 0.25) is 0 Å². The summed E-state index contributed by atoms with van der Waals surface area (Å²) in [6, 6.07) is 8.03. The normalized spacial score (nSPS) is 24.6. The number of quaternary nitrogens is 1. The molecule has 772 valence electrons. The smallest absolute Gasteiger partial charge is 0.305 e. The maximum absolute atomic E-state index is 15.0. The zero-order chi connectivity index (χ0) is 99.0. The number of nitrogens with zero attached hydrogens (tertiary/aromatic N) is 3. The Hall–Kier alpha value is -8.30. The van der Waals surface area contributed by atoms with E-state index in [1.165, 1.54) is 17.0 Å². The van der Waals surface area contributed by atoms with Gasteiger partial charge in [0.15, 0.2) is 11.6 Å². The van der Waals surface area contributed by atoms with Crippen LogP contribution >= 0.6 is 0 Å². The van der Waals surface area contributed by atoms with E-state index in [4.69, 9.17) is 47.4 Å². The van der Waals surface area contributed by atoms with Crippen molar-refractivity contribution in [1.82, 2.24) is 63.8 Å². The number of benzene rings is 2. The number of ether oxygens (including phenoxy) is 10. The average Bonchev–Trinajstić information content (AvgIpc) is 1.21. The predicted molar refractivity (Wildman–Crippen MR) is 517 cm³/mol. The molecule has 3 fully saturated rings. The van der Waals surface area contributed by atoms with Crippen LogP contribution in [0.3, 0.4) is 0 Å². The highest BCUT2D eigenvalue weighted by molar-refractivity contribution is 6.01. The van der Waals surface area contributed by atoms with Gasteiger partial charge in [0.05, 0.1) is 187 Å². The van der Waals surface area contributed by atoms with Gasteiger partial charge in [0, 0.05) is 63.9 Å². The van der Waals surface area contributed by atoms with Gasteiger partial charge in [0.25, 0.3) is 0 Å². The molecule has 3 saturated carbocycles. The minimum atomic E-state index is -1.31. The summed E-state index contributed by atoms with van der Waals surface area (Å²) in [4.78, 5) is 139. The second-order valence-corrected chi connectivity index (χ2v) is 41.8. The van der Waals surface area contributed by atoms with Crippen LogP contribution in [-0.4, -0.2) is 288 Å². The largest absolute Gasteiger partial charge is 0.508 e. The van der Waals surface area contributed by atoms with Crippen LogP contribution in [0.1, 0.15) is 237 Å². The number of esters is 1. The molecule has 2 aromatic carbocycles. The van der Waals surface area contributed by atoms with Gasteiger partial charge in [-0.3, -0.25) is 63.3 Å².